The van der Waals surface area contributed by atoms with E-state index in [9.17, 15) is 0 Å². The molecule has 0 fully saturated rings. The summed E-state index contributed by atoms with van der Waals surface area (Å²) in [5.41, 5.74) is 0.820. The normalized spacial score (nSPS) is 10.2. The van der Waals surface area contributed by atoms with Gasteiger partial charge in [-0.2, -0.15) is 0 Å². The number of hydrogen-bond acceptors (Lipinski definition) is 2. The van der Waals surface area contributed by atoms with Crippen LogP contribution in [0, 0.1) is 3.57 Å². The zero-order valence-electron chi connectivity index (χ0n) is 7.18. The monoisotopic (exact) mass is 356 g/mol. The standard InChI is InChI=1S/C9H10BrIO2/c1-2-13-9-6(5-12)3-7(11)4-8(9)10/h3-4,12H,2,5H2,1H3. The van der Waals surface area contributed by atoms with Crippen LogP contribution < -0.4 is 4.74 Å². The maximum atomic E-state index is 9.09. The molecular weight excluding hydrogens is 347 g/mol. The van der Waals surface area contributed by atoms with Crippen LogP contribution in [0.1, 0.15) is 12.5 Å². The Morgan fingerprint density at radius 2 is 2.23 bits per heavy atom. The first-order chi connectivity index (χ1) is 6.19. The molecule has 0 radical (unpaired) electrons. The molecule has 13 heavy (non-hydrogen) atoms. The van der Waals surface area contributed by atoms with Crippen LogP contribution in [0.3, 0.4) is 0 Å². The maximum absolute atomic E-state index is 9.09. The van der Waals surface area contributed by atoms with E-state index in [1.54, 1.807) is 0 Å². The average Bonchev–Trinajstić information content (AvgIpc) is 2.09. The molecule has 2 nitrogen and oxygen atoms in total. The molecule has 1 aromatic carbocycles. The van der Waals surface area contributed by atoms with Crippen LogP contribution in [0.15, 0.2) is 16.6 Å². The van der Waals surface area contributed by atoms with Gasteiger partial charge in [0.25, 0.3) is 0 Å². The Bertz CT molecular complexity index is 302. The summed E-state index contributed by atoms with van der Waals surface area (Å²) in [6.45, 7) is 2.53. The molecule has 0 unspecified atom stereocenters. The fraction of sp³-hybridized carbons (Fsp3) is 0.333. The number of benzene rings is 1. The zero-order chi connectivity index (χ0) is 9.84. The Hall–Kier alpha value is 0.190. The van der Waals surface area contributed by atoms with E-state index < -0.39 is 0 Å². The number of aliphatic hydroxyl groups is 1. The molecule has 0 bridgehead atoms. The van der Waals surface area contributed by atoms with Crippen LogP contribution in [-0.2, 0) is 6.61 Å². The van der Waals surface area contributed by atoms with E-state index in [4.69, 9.17) is 9.84 Å². The second-order valence-corrected chi connectivity index (χ2v) is 4.57. The number of halogens is 2. The van der Waals surface area contributed by atoms with Gasteiger partial charge in [-0.1, -0.05) is 0 Å². The Kier molecular flexibility index (Phi) is 4.48. The van der Waals surface area contributed by atoms with E-state index in [-0.39, 0.29) is 6.61 Å². The molecule has 1 rings (SSSR count). The molecule has 0 aliphatic carbocycles. The van der Waals surface area contributed by atoms with Gasteiger partial charge in [0.2, 0.25) is 0 Å². The van der Waals surface area contributed by atoms with Crippen molar-refractivity contribution in [3.05, 3.63) is 25.7 Å². The van der Waals surface area contributed by atoms with Crippen LogP contribution in [0.25, 0.3) is 0 Å². The average molecular weight is 357 g/mol. The summed E-state index contributed by atoms with van der Waals surface area (Å²) >= 11 is 5.60. The topological polar surface area (TPSA) is 29.5 Å². The van der Waals surface area contributed by atoms with E-state index >= 15 is 0 Å². The van der Waals surface area contributed by atoms with Crippen molar-refractivity contribution in [2.75, 3.05) is 6.61 Å². The van der Waals surface area contributed by atoms with Gasteiger partial charge < -0.3 is 9.84 Å². The fourth-order valence-electron chi connectivity index (χ4n) is 1.04. The Balaban J connectivity index is 3.13. The SMILES string of the molecule is CCOc1c(Br)cc(I)cc1CO. The number of hydrogen-bond donors (Lipinski definition) is 1. The summed E-state index contributed by atoms with van der Waals surface area (Å²) in [6, 6.07) is 3.88. The number of rotatable bonds is 3. The summed E-state index contributed by atoms with van der Waals surface area (Å²) in [7, 11) is 0. The number of ether oxygens (including phenoxy) is 1. The highest BCUT2D eigenvalue weighted by atomic mass is 127. The van der Waals surface area contributed by atoms with Crippen LogP contribution in [0.4, 0.5) is 0 Å². The molecule has 1 N–H and O–H groups in total. The van der Waals surface area contributed by atoms with Gasteiger partial charge in [-0.05, 0) is 57.6 Å². The molecule has 0 aliphatic rings. The first-order valence-electron chi connectivity index (χ1n) is 3.90. The summed E-state index contributed by atoms with van der Waals surface area (Å²) in [5, 5.41) is 9.09. The molecular formula is C9H10BrIO2. The second kappa shape index (κ2) is 5.17. The predicted octanol–water partition coefficient (Wildman–Crippen LogP) is 2.94. The summed E-state index contributed by atoms with van der Waals surface area (Å²) in [6.07, 6.45) is 0. The van der Waals surface area contributed by atoms with E-state index in [1.807, 2.05) is 19.1 Å². The van der Waals surface area contributed by atoms with E-state index in [0.717, 1.165) is 19.4 Å². The number of aliphatic hydroxyl groups excluding tert-OH is 1. The van der Waals surface area contributed by atoms with Gasteiger partial charge in [0.15, 0.2) is 0 Å². The summed E-state index contributed by atoms with van der Waals surface area (Å²) in [5.74, 6) is 0.741. The third-order valence-corrected chi connectivity index (χ3v) is 2.76. The van der Waals surface area contributed by atoms with Crippen LogP contribution in [0.2, 0.25) is 0 Å². The van der Waals surface area contributed by atoms with Gasteiger partial charge in [-0.25, -0.2) is 0 Å². The summed E-state index contributed by atoms with van der Waals surface area (Å²) < 4.78 is 7.38. The molecule has 4 heteroatoms. The van der Waals surface area contributed by atoms with Crippen molar-refractivity contribution in [3.63, 3.8) is 0 Å². The molecule has 0 saturated carbocycles. The molecule has 0 atom stereocenters. The van der Waals surface area contributed by atoms with Crippen molar-refractivity contribution in [2.24, 2.45) is 0 Å². The van der Waals surface area contributed by atoms with Crippen LogP contribution in [-0.4, -0.2) is 11.7 Å². The van der Waals surface area contributed by atoms with Crippen molar-refractivity contribution < 1.29 is 9.84 Å². The van der Waals surface area contributed by atoms with Gasteiger partial charge in [0, 0.05) is 9.13 Å². The van der Waals surface area contributed by atoms with E-state index in [0.29, 0.717) is 6.61 Å². The van der Waals surface area contributed by atoms with Crippen molar-refractivity contribution in [1.82, 2.24) is 0 Å². The molecule has 72 valence electrons. The third-order valence-electron chi connectivity index (χ3n) is 1.54. The highest BCUT2D eigenvalue weighted by molar-refractivity contribution is 14.1. The van der Waals surface area contributed by atoms with E-state index in [2.05, 4.69) is 38.5 Å². The highest BCUT2D eigenvalue weighted by Crippen LogP contribution is 2.31. The lowest BCUT2D eigenvalue weighted by atomic mass is 10.2. The van der Waals surface area contributed by atoms with Crippen LogP contribution >= 0.6 is 38.5 Å². The minimum Gasteiger partial charge on any atom is -0.492 e. The van der Waals surface area contributed by atoms with Crippen molar-refractivity contribution in [1.29, 1.82) is 0 Å². The summed E-state index contributed by atoms with van der Waals surface area (Å²) in [4.78, 5) is 0. The van der Waals surface area contributed by atoms with Gasteiger partial charge >= 0.3 is 0 Å². The fourth-order valence-corrected chi connectivity index (χ4v) is 2.77. The lowest BCUT2D eigenvalue weighted by Gasteiger charge is -2.10. The van der Waals surface area contributed by atoms with Gasteiger partial charge in [0.1, 0.15) is 5.75 Å². The third kappa shape index (κ3) is 2.82. The van der Waals surface area contributed by atoms with Crippen LogP contribution in [0.5, 0.6) is 5.75 Å². The smallest absolute Gasteiger partial charge is 0.139 e. The van der Waals surface area contributed by atoms with E-state index in [1.165, 1.54) is 0 Å². The Morgan fingerprint density at radius 1 is 1.54 bits per heavy atom. The molecule has 0 spiro atoms. The largest absolute Gasteiger partial charge is 0.492 e. The molecule has 1 aromatic rings. The molecule has 0 aliphatic heterocycles. The van der Waals surface area contributed by atoms with Crippen molar-refractivity contribution in [2.45, 2.75) is 13.5 Å². The quantitative estimate of drug-likeness (QED) is 0.844. The first-order valence-corrected chi connectivity index (χ1v) is 5.77. The minimum atomic E-state index is 0.00474. The zero-order valence-corrected chi connectivity index (χ0v) is 10.9. The van der Waals surface area contributed by atoms with Gasteiger partial charge in [0.05, 0.1) is 17.7 Å². The minimum absolute atomic E-state index is 0.00474. The lowest BCUT2D eigenvalue weighted by molar-refractivity contribution is 0.266. The molecule has 0 heterocycles. The van der Waals surface area contributed by atoms with Gasteiger partial charge in [-0.15, -0.1) is 0 Å². The Labute approximate surface area is 99.6 Å². The highest BCUT2D eigenvalue weighted by Gasteiger charge is 2.08. The van der Waals surface area contributed by atoms with Gasteiger partial charge in [-0.3, -0.25) is 0 Å². The first kappa shape index (κ1) is 11.3. The van der Waals surface area contributed by atoms with Crippen molar-refractivity contribution >= 4 is 38.5 Å². The maximum Gasteiger partial charge on any atom is 0.139 e. The predicted molar refractivity (Wildman–Crippen MR) is 64.0 cm³/mol. The molecule has 0 saturated heterocycles. The van der Waals surface area contributed by atoms with Crippen molar-refractivity contribution in [3.8, 4) is 5.75 Å². The second-order valence-electron chi connectivity index (χ2n) is 2.47. The Morgan fingerprint density at radius 3 is 2.77 bits per heavy atom. The lowest BCUT2D eigenvalue weighted by Crippen LogP contribution is -1.98. The molecule has 0 amide bonds. The molecule has 0 aromatic heterocycles.